The number of hydrogen-bond donors (Lipinski definition) is 2. The molecule has 1 saturated carbocycles. The van der Waals surface area contributed by atoms with Gasteiger partial charge in [-0.15, -0.1) is 0 Å². The zero-order valence-corrected chi connectivity index (χ0v) is 13.0. The van der Waals surface area contributed by atoms with Crippen LogP contribution in [0.25, 0.3) is 0 Å². The van der Waals surface area contributed by atoms with E-state index in [2.05, 4.69) is 24.5 Å². The van der Waals surface area contributed by atoms with Crippen LogP contribution >= 0.6 is 0 Å². The summed E-state index contributed by atoms with van der Waals surface area (Å²) in [5, 5.41) is 6.49. The third kappa shape index (κ3) is 6.42. The van der Waals surface area contributed by atoms with E-state index in [4.69, 9.17) is 0 Å². The first-order valence-corrected chi connectivity index (χ1v) is 8.19. The average Bonchev–Trinajstić information content (AvgIpc) is 2.67. The molecule has 0 aromatic heterocycles. The first-order valence-electron chi connectivity index (χ1n) is 8.19. The van der Waals surface area contributed by atoms with E-state index in [1.54, 1.807) is 0 Å². The highest BCUT2D eigenvalue weighted by Crippen LogP contribution is 2.25. The molecule has 1 aliphatic rings. The van der Waals surface area contributed by atoms with Gasteiger partial charge in [-0.3, -0.25) is 4.79 Å². The van der Waals surface area contributed by atoms with Crippen LogP contribution in [0.4, 0.5) is 0 Å². The Bertz CT molecular complexity index is 247. The summed E-state index contributed by atoms with van der Waals surface area (Å²) in [6.07, 6.45) is 10.3. The van der Waals surface area contributed by atoms with Gasteiger partial charge in [0.25, 0.3) is 0 Å². The van der Waals surface area contributed by atoms with E-state index in [1.165, 1.54) is 38.5 Å². The van der Waals surface area contributed by atoms with Crippen molar-refractivity contribution in [2.45, 2.75) is 84.2 Å². The highest BCUT2D eigenvalue weighted by Gasteiger charge is 2.22. The van der Waals surface area contributed by atoms with Crippen LogP contribution in [-0.2, 0) is 4.79 Å². The highest BCUT2D eigenvalue weighted by atomic mass is 16.2. The van der Waals surface area contributed by atoms with E-state index in [9.17, 15) is 4.79 Å². The second-order valence-electron chi connectivity index (χ2n) is 6.07. The molecule has 19 heavy (non-hydrogen) atoms. The summed E-state index contributed by atoms with van der Waals surface area (Å²) < 4.78 is 0. The number of hydrogen-bond acceptors (Lipinski definition) is 2. The van der Waals surface area contributed by atoms with Crippen molar-refractivity contribution in [2.24, 2.45) is 5.92 Å². The minimum Gasteiger partial charge on any atom is -0.355 e. The molecule has 0 aromatic rings. The SMILES string of the molecule is CCCCNC(=O)C(C)N[C@H](C)C1CCCCCC1. The number of carbonyl (C=O) groups excluding carboxylic acids is 1. The molecule has 0 radical (unpaired) electrons. The van der Waals surface area contributed by atoms with Gasteiger partial charge in [0.2, 0.25) is 5.91 Å². The average molecular weight is 268 g/mol. The molecule has 0 saturated heterocycles. The minimum atomic E-state index is -0.0740. The van der Waals surface area contributed by atoms with Crippen LogP contribution in [0, 0.1) is 5.92 Å². The zero-order valence-electron chi connectivity index (χ0n) is 13.0. The van der Waals surface area contributed by atoms with Crippen LogP contribution in [0.5, 0.6) is 0 Å². The third-order valence-corrected chi connectivity index (χ3v) is 4.34. The fourth-order valence-electron chi connectivity index (χ4n) is 2.96. The van der Waals surface area contributed by atoms with E-state index in [0.717, 1.165) is 25.3 Å². The predicted molar refractivity (Wildman–Crippen MR) is 81.2 cm³/mol. The Morgan fingerprint density at radius 2 is 1.79 bits per heavy atom. The van der Waals surface area contributed by atoms with Crippen molar-refractivity contribution < 1.29 is 4.79 Å². The van der Waals surface area contributed by atoms with E-state index in [0.29, 0.717) is 6.04 Å². The summed E-state index contributed by atoms with van der Waals surface area (Å²) in [4.78, 5) is 11.9. The maximum Gasteiger partial charge on any atom is 0.236 e. The number of amides is 1. The summed E-state index contributed by atoms with van der Waals surface area (Å²) in [5.74, 6) is 0.891. The molecule has 112 valence electrons. The lowest BCUT2D eigenvalue weighted by atomic mass is 9.92. The number of unbranched alkanes of at least 4 members (excludes halogenated alkanes) is 1. The first-order chi connectivity index (χ1) is 9.15. The van der Waals surface area contributed by atoms with Gasteiger partial charge in [0, 0.05) is 12.6 Å². The Labute approximate surface area is 118 Å². The molecule has 1 fully saturated rings. The van der Waals surface area contributed by atoms with Crippen LogP contribution in [-0.4, -0.2) is 24.5 Å². The predicted octanol–water partition coefficient (Wildman–Crippen LogP) is 3.24. The highest BCUT2D eigenvalue weighted by molar-refractivity contribution is 5.81. The summed E-state index contributed by atoms with van der Waals surface area (Å²) in [5.41, 5.74) is 0. The van der Waals surface area contributed by atoms with Crippen molar-refractivity contribution in [3.8, 4) is 0 Å². The second-order valence-corrected chi connectivity index (χ2v) is 6.07. The van der Waals surface area contributed by atoms with Crippen LogP contribution < -0.4 is 10.6 Å². The van der Waals surface area contributed by atoms with Crippen molar-refractivity contribution in [2.75, 3.05) is 6.54 Å². The molecule has 1 rings (SSSR count). The van der Waals surface area contributed by atoms with E-state index in [1.807, 2.05) is 6.92 Å². The van der Waals surface area contributed by atoms with E-state index < -0.39 is 0 Å². The van der Waals surface area contributed by atoms with Gasteiger partial charge in [0.1, 0.15) is 0 Å². The third-order valence-electron chi connectivity index (χ3n) is 4.34. The van der Waals surface area contributed by atoms with E-state index in [-0.39, 0.29) is 11.9 Å². The smallest absolute Gasteiger partial charge is 0.236 e. The molecule has 0 spiro atoms. The normalized spacial score (nSPS) is 20.6. The van der Waals surface area contributed by atoms with Crippen molar-refractivity contribution in [3.05, 3.63) is 0 Å². The Morgan fingerprint density at radius 3 is 2.37 bits per heavy atom. The van der Waals surface area contributed by atoms with Gasteiger partial charge in [0.05, 0.1) is 6.04 Å². The number of rotatable bonds is 7. The summed E-state index contributed by atoms with van der Waals surface area (Å²) in [7, 11) is 0. The van der Waals surface area contributed by atoms with E-state index >= 15 is 0 Å². The molecule has 0 heterocycles. The van der Waals surface area contributed by atoms with Crippen LogP contribution in [0.1, 0.15) is 72.1 Å². The molecule has 1 aliphatic carbocycles. The largest absolute Gasteiger partial charge is 0.355 e. The summed E-state index contributed by atoms with van der Waals surface area (Å²) >= 11 is 0. The minimum absolute atomic E-state index is 0.0740. The van der Waals surface area contributed by atoms with Crippen LogP contribution in [0.3, 0.4) is 0 Å². The Kier molecular flexibility index (Phi) is 8.11. The van der Waals surface area contributed by atoms with Gasteiger partial charge in [-0.05, 0) is 39.0 Å². The Balaban J connectivity index is 2.28. The molecule has 0 aliphatic heterocycles. The maximum absolute atomic E-state index is 11.9. The molecule has 2 N–H and O–H groups in total. The lowest BCUT2D eigenvalue weighted by Crippen LogP contribution is -2.48. The molecule has 1 amide bonds. The monoisotopic (exact) mass is 268 g/mol. The first kappa shape index (κ1) is 16.5. The quantitative estimate of drug-likeness (QED) is 0.550. The lowest BCUT2D eigenvalue weighted by molar-refractivity contribution is -0.123. The fourth-order valence-corrected chi connectivity index (χ4v) is 2.96. The van der Waals surface area contributed by atoms with Gasteiger partial charge in [-0.25, -0.2) is 0 Å². The molecule has 0 bridgehead atoms. The van der Waals surface area contributed by atoms with Crippen molar-refractivity contribution >= 4 is 5.91 Å². The van der Waals surface area contributed by atoms with Crippen LogP contribution in [0.15, 0.2) is 0 Å². The second kappa shape index (κ2) is 9.35. The standard InChI is InChI=1S/C16H32N2O/c1-4-5-12-17-16(19)14(3)18-13(2)15-10-8-6-7-9-11-15/h13-15,18H,4-12H2,1-3H3,(H,17,19)/t13-,14?/m1/s1. The Hall–Kier alpha value is -0.570. The lowest BCUT2D eigenvalue weighted by Gasteiger charge is -2.26. The van der Waals surface area contributed by atoms with Gasteiger partial charge in [0.15, 0.2) is 0 Å². The number of nitrogens with one attached hydrogen (secondary N) is 2. The van der Waals surface area contributed by atoms with Gasteiger partial charge >= 0.3 is 0 Å². The maximum atomic E-state index is 11.9. The summed E-state index contributed by atoms with van der Waals surface area (Å²) in [6, 6.07) is 0.375. The molecule has 0 aromatic carbocycles. The van der Waals surface area contributed by atoms with Crippen LogP contribution in [0.2, 0.25) is 0 Å². The van der Waals surface area contributed by atoms with Crippen molar-refractivity contribution in [1.82, 2.24) is 10.6 Å². The number of carbonyl (C=O) groups is 1. The van der Waals surface area contributed by atoms with Crippen molar-refractivity contribution in [3.63, 3.8) is 0 Å². The van der Waals surface area contributed by atoms with Crippen molar-refractivity contribution in [1.29, 1.82) is 0 Å². The molecule has 3 heteroatoms. The molecule has 2 atom stereocenters. The zero-order chi connectivity index (χ0) is 14.1. The molecule has 1 unspecified atom stereocenters. The Morgan fingerprint density at radius 1 is 1.16 bits per heavy atom. The fraction of sp³-hybridized carbons (Fsp3) is 0.938. The van der Waals surface area contributed by atoms with Gasteiger partial charge in [-0.2, -0.15) is 0 Å². The van der Waals surface area contributed by atoms with Gasteiger partial charge < -0.3 is 10.6 Å². The molecule has 3 nitrogen and oxygen atoms in total. The molecular formula is C16H32N2O. The van der Waals surface area contributed by atoms with Gasteiger partial charge in [-0.1, -0.05) is 39.0 Å². The summed E-state index contributed by atoms with van der Waals surface area (Å²) in [6.45, 7) is 7.17. The topological polar surface area (TPSA) is 41.1 Å². The molecular weight excluding hydrogens is 236 g/mol.